The molecule has 5 N–H and O–H groups in total. The van der Waals surface area contributed by atoms with Crippen LogP contribution in [0.3, 0.4) is 0 Å². The highest BCUT2D eigenvalue weighted by atomic mass is 32.2. The maximum Gasteiger partial charge on any atom is 0.425 e. The first kappa shape index (κ1) is 57.3. The van der Waals surface area contributed by atoms with Gasteiger partial charge in [0.2, 0.25) is 5.69 Å². The normalized spacial score (nSPS) is 17.6. The van der Waals surface area contributed by atoms with Crippen LogP contribution in [0.5, 0.6) is 0 Å². The largest absolute Gasteiger partial charge is 0.748 e. The number of ketones is 1. The zero-order valence-corrected chi connectivity index (χ0v) is 41.4. The molecule has 2 aliphatic heterocycles. The Morgan fingerprint density at radius 2 is 1.41 bits per heavy atom. The van der Waals surface area contributed by atoms with Gasteiger partial charge in [-0.2, -0.15) is 29.8 Å². The molecular weight excluding hydrogens is 999 g/mol. The van der Waals surface area contributed by atoms with Gasteiger partial charge in [0.25, 0.3) is 36.3 Å². The topological polar surface area (TPSA) is 361 Å². The van der Waals surface area contributed by atoms with E-state index in [9.17, 15) is 71.4 Å². The molecule has 1 atom stereocenters. The molecule has 68 heavy (non-hydrogen) atoms. The summed E-state index contributed by atoms with van der Waals surface area (Å²) >= 11 is 0. The van der Waals surface area contributed by atoms with Gasteiger partial charge in [0, 0.05) is 77.3 Å². The van der Waals surface area contributed by atoms with Crippen LogP contribution in [0.2, 0.25) is 0 Å². The molecule has 0 spiro atoms. The molecule has 22 nitrogen and oxygen atoms in total. The van der Waals surface area contributed by atoms with E-state index < -0.39 is 103 Å². The van der Waals surface area contributed by atoms with E-state index in [-0.39, 0.29) is 78.9 Å². The Hall–Kier alpha value is -5.00. The number of carboxylic acid groups (broad SMARTS) is 1. The number of benzene rings is 2. The van der Waals surface area contributed by atoms with E-state index in [1.165, 1.54) is 18.2 Å². The second-order valence-electron chi connectivity index (χ2n) is 16.4. The zero-order valence-electron chi connectivity index (χ0n) is 37.3. The first-order valence-electron chi connectivity index (χ1n) is 20.6. The second-order valence-corrected chi connectivity index (χ2v) is 23.1. The standard InChI is InChI=1S/C41H53N3O16S4.O3S/c1-5-13-33(45)28-26-30(38(46)42-19-25-64(58,59)60)37-32(27-28)44(21-12-24-63(55,56)57)35(41(37,4)18-10-22-61(49,50)51)17-8-6-7-16-34-40(2,3)36-29(39(47)48)14-9-15-31(36)43(34)20-11-23-62(52,53)54;1-4(2)3/h6-9,14-17,26-27H,5,10-13,18-25H2,1-4H3,(H5-,42,46,47,48,49,50,51,52,53,54,55,56,57,58,59,60);. The van der Waals surface area contributed by atoms with Crippen molar-refractivity contribution in [1.82, 2.24) is 5.32 Å². The van der Waals surface area contributed by atoms with Gasteiger partial charge in [-0.1, -0.05) is 31.2 Å². The number of allylic oxidation sites excluding steroid dienone is 6. The fourth-order valence-electron chi connectivity index (χ4n) is 8.35. The zero-order chi connectivity index (χ0) is 51.6. The summed E-state index contributed by atoms with van der Waals surface area (Å²) in [5, 5.41) is 12.5. The van der Waals surface area contributed by atoms with Crippen molar-refractivity contribution < 1.29 is 88.6 Å². The maximum absolute atomic E-state index is 14.0. The van der Waals surface area contributed by atoms with Gasteiger partial charge in [-0.25, -0.2) is 13.2 Å². The lowest BCUT2D eigenvalue weighted by molar-refractivity contribution is -0.437. The number of rotatable bonds is 23. The van der Waals surface area contributed by atoms with Gasteiger partial charge in [-0.15, -0.1) is 12.6 Å². The Morgan fingerprint density at radius 3 is 1.97 bits per heavy atom. The lowest BCUT2D eigenvalue weighted by Gasteiger charge is -2.31. The molecule has 376 valence electrons. The molecule has 2 aliphatic rings. The van der Waals surface area contributed by atoms with Gasteiger partial charge in [0.1, 0.15) is 6.54 Å². The average molecular weight is 1050 g/mol. The van der Waals surface area contributed by atoms with E-state index in [2.05, 4.69) is 5.32 Å². The van der Waals surface area contributed by atoms with Crippen LogP contribution in [-0.4, -0.2) is 140 Å². The molecule has 0 bridgehead atoms. The summed E-state index contributed by atoms with van der Waals surface area (Å²) in [5.41, 5.74) is 0.184. The summed E-state index contributed by atoms with van der Waals surface area (Å²) in [5.74, 6) is -5.26. The molecule has 0 saturated carbocycles. The minimum Gasteiger partial charge on any atom is -0.748 e. The maximum atomic E-state index is 14.0. The SMILES string of the molecule is CCCC(=O)c1cc(C(=O)NCCS(=O)(=O)O)c2c(c1)N(CCCS(=O)(=O)[O-])C(=CC=CC=CC1=[N+](CCCS(=O)(=O)O)c3cccc(C(=O)O)c3C1(C)C)C2(C)CCCS(=O)(=O)O.O=S(=O)=O. The number of amides is 1. The number of carbonyl (C=O) groups is 3. The lowest BCUT2D eigenvalue weighted by Crippen LogP contribution is -2.33. The van der Waals surface area contributed by atoms with Crippen LogP contribution in [-0.2, 0) is 61.9 Å². The van der Waals surface area contributed by atoms with E-state index in [1.807, 2.05) is 0 Å². The molecule has 4 rings (SSSR count). The molecule has 27 heteroatoms. The van der Waals surface area contributed by atoms with Gasteiger partial charge >= 0.3 is 16.6 Å². The first-order chi connectivity index (χ1) is 31.2. The Morgan fingerprint density at radius 1 is 0.809 bits per heavy atom. The summed E-state index contributed by atoms with van der Waals surface area (Å²) in [4.78, 5) is 41.3. The van der Waals surface area contributed by atoms with Crippen molar-refractivity contribution in [3.05, 3.63) is 94.2 Å². The third kappa shape index (κ3) is 16.0. The van der Waals surface area contributed by atoms with Crippen molar-refractivity contribution in [3.8, 4) is 0 Å². The fraction of sp³-hybridized carbons (Fsp3) is 0.463. The van der Waals surface area contributed by atoms with Gasteiger partial charge in [-0.3, -0.25) is 23.2 Å². The number of nitrogens with one attached hydrogen (secondary N) is 1. The van der Waals surface area contributed by atoms with Crippen molar-refractivity contribution in [2.45, 2.75) is 77.0 Å². The minimum absolute atomic E-state index is 0.00254. The van der Waals surface area contributed by atoms with Crippen molar-refractivity contribution in [2.24, 2.45) is 0 Å². The van der Waals surface area contributed by atoms with Crippen LogP contribution in [0, 0.1) is 0 Å². The fourth-order valence-corrected chi connectivity index (χ4v) is 10.2. The highest BCUT2D eigenvalue weighted by Gasteiger charge is 2.48. The van der Waals surface area contributed by atoms with Crippen LogP contribution in [0.15, 0.2) is 66.4 Å². The van der Waals surface area contributed by atoms with E-state index in [0.29, 0.717) is 29.1 Å². The Balaban J connectivity index is 0.00000294. The van der Waals surface area contributed by atoms with Crippen molar-refractivity contribution in [1.29, 1.82) is 0 Å². The van der Waals surface area contributed by atoms with Gasteiger partial charge < -0.3 is 19.9 Å². The number of Topliss-reactive ketones (excluding diaryl/α,β-unsaturated/α-hetero) is 1. The molecule has 0 aliphatic carbocycles. The number of hydrogen-bond donors (Lipinski definition) is 5. The quantitative estimate of drug-likeness (QED) is 0.0462. The van der Waals surface area contributed by atoms with E-state index >= 15 is 0 Å². The molecule has 2 heterocycles. The molecule has 2 aromatic rings. The van der Waals surface area contributed by atoms with Crippen LogP contribution >= 0.6 is 0 Å². The average Bonchev–Trinajstić information content (AvgIpc) is 3.54. The highest BCUT2D eigenvalue weighted by molar-refractivity contribution is 7.86. The lowest BCUT2D eigenvalue weighted by atomic mass is 9.75. The monoisotopic (exact) mass is 1050 g/mol. The summed E-state index contributed by atoms with van der Waals surface area (Å²) in [7, 11) is -21.1. The molecule has 2 aromatic carbocycles. The summed E-state index contributed by atoms with van der Waals surface area (Å²) in [6, 6.07) is 7.54. The Bertz CT molecular complexity index is 2990. The van der Waals surface area contributed by atoms with E-state index in [4.69, 9.17) is 12.6 Å². The molecule has 0 aromatic heterocycles. The number of nitrogens with zero attached hydrogens (tertiary/aromatic N) is 2. The van der Waals surface area contributed by atoms with Crippen LogP contribution in [0.4, 0.5) is 11.4 Å². The van der Waals surface area contributed by atoms with Crippen molar-refractivity contribution >= 4 is 85.8 Å². The molecule has 1 unspecified atom stereocenters. The molecule has 0 radical (unpaired) electrons. The number of aromatic carboxylic acids is 1. The van der Waals surface area contributed by atoms with Crippen molar-refractivity contribution in [2.75, 3.05) is 47.5 Å². The van der Waals surface area contributed by atoms with Crippen LogP contribution in [0.25, 0.3) is 0 Å². The minimum atomic E-state index is -4.71. The van der Waals surface area contributed by atoms with Gasteiger partial charge in [0.15, 0.2) is 11.5 Å². The number of hydrogen-bond acceptors (Lipinski definition) is 16. The Labute approximate surface area is 396 Å². The molecule has 0 saturated heterocycles. The predicted octanol–water partition coefficient (Wildman–Crippen LogP) is 3.01. The van der Waals surface area contributed by atoms with Gasteiger partial charge in [0.05, 0.1) is 43.9 Å². The van der Waals surface area contributed by atoms with E-state index in [0.717, 1.165) is 0 Å². The highest BCUT2D eigenvalue weighted by Crippen LogP contribution is 2.53. The number of carbonyl (C=O) groups excluding carboxylic acids is 2. The third-order valence-electron chi connectivity index (χ3n) is 11.0. The summed E-state index contributed by atoms with van der Waals surface area (Å²) in [6.07, 6.45) is 8.12. The van der Waals surface area contributed by atoms with Gasteiger partial charge in [-0.05, 0) is 70.7 Å². The van der Waals surface area contributed by atoms with Crippen LogP contribution in [0.1, 0.15) is 108 Å². The third-order valence-corrected chi connectivity index (χ3v) is 14.1. The molecular formula is C41H53N3O19S5. The van der Waals surface area contributed by atoms with E-state index in [1.54, 1.807) is 79.7 Å². The second kappa shape index (κ2) is 23.1. The van der Waals surface area contributed by atoms with Crippen LogP contribution < -0.4 is 10.2 Å². The smallest absolute Gasteiger partial charge is 0.425 e. The molecule has 0 fully saturated rings. The predicted molar refractivity (Wildman–Crippen MR) is 247 cm³/mol. The summed E-state index contributed by atoms with van der Waals surface area (Å²) in [6.45, 7) is 6.44. The Kier molecular flexibility index (Phi) is 19.4. The number of anilines is 1. The number of carboxylic acids is 1. The summed E-state index contributed by atoms with van der Waals surface area (Å²) < 4.78 is 161. The molecule has 1 amide bonds. The number of fused-ring (bicyclic) bond motifs is 2. The first-order valence-corrected chi connectivity index (χ1v) is 28.0. The van der Waals surface area contributed by atoms with Crippen molar-refractivity contribution in [3.63, 3.8) is 0 Å².